The summed E-state index contributed by atoms with van der Waals surface area (Å²) in [4.78, 5) is 25.0. The zero-order chi connectivity index (χ0) is 12.0. The molecule has 1 aliphatic carbocycles. The molecule has 3 fully saturated rings. The molecule has 3 rings (SSSR count). The average Bonchev–Trinajstić information content (AvgIpc) is 2.82. The summed E-state index contributed by atoms with van der Waals surface area (Å²) < 4.78 is 0. The van der Waals surface area contributed by atoms with Gasteiger partial charge in [0, 0.05) is 19.1 Å². The van der Waals surface area contributed by atoms with Gasteiger partial charge in [0.25, 0.3) is 0 Å². The lowest BCUT2D eigenvalue weighted by molar-refractivity contribution is -0.126. The number of hydrogen-bond donors (Lipinski definition) is 2. The minimum absolute atomic E-state index is 0.123. The van der Waals surface area contributed by atoms with Gasteiger partial charge in [-0.1, -0.05) is 6.42 Å². The number of nitrogens with one attached hydrogen (secondary N) is 1. The fourth-order valence-corrected chi connectivity index (χ4v) is 3.64. The molecule has 5 nitrogen and oxygen atoms in total. The van der Waals surface area contributed by atoms with Crippen LogP contribution in [-0.4, -0.2) is 41.9 Å². The highest BCUT2D eigenvalue weighted by atomic mass is 16.2. The maximum atomic E-state index is 11.7. The molecule has 2 aliphatic heterocycles. The maximum Gasteiger partial charge on any atom is 0.244 e. The molecule has 2 saturated heterocycles. The zero-order valence-electron chi connectivity index (χ0n) is 9.89. The van der Waals surface area contributed by atoms with Gasteiger partial charge in [-0.2, -0.15) is 0 Å². The van der Waals surface area contributed by atoms with Crippen LogP contribution in [0.25, 0.3) is 0 Å². The van der Waals surface area contributed by atoms with Crippen molar-refractivity contribution in [1.82, 2.24) is 10.2 Å². The molecule has 4 atom stereocenters. The van der Waals surface area contributed by atoms with Crippen molar-refractivity contribution in [2.75, 3.05) is 13.1 Å². The lowest BCUT2D eigenvalue weighted by atomic mass is 9.78. The molecule has 3 N–H and O–H groups in total. The molecule has 2 heterocycles. The smallest absolute Gasteiger partial charge is 0.244 e. The molecule has 94 valence electrons. The number of amides is 2. The summed E-state index contributed by atoms with van der Waals surface area (Å²) in [6, 6.07) is 0.0409. The maximum absolute atomic E-state index is 11.7. The third-order valence-electron chi connectivity index (χ3n) is 4.57. The summed E-state index contributed by atoms with van der Waals surface area (Å²) in [5.41, 5.74) is 6.15. The van der Waals surface area contributed by atoms with Crippen LogP contribution in [0.1, 0.15) is 25.7 Å². The van der Waals surface area contributed by atoms with Gasteiger partial charge in [0.05, 0.1) is 12.5 Å². The normalized spacial score (nSPS) is 42.6. The van der Waals surface area contributed by atoms with Crippen LogP contribution in [0.2, 0.25) is 0 Å². The van der Waals surface area contributed by atoms with Crippen molar-refractivity contribution < 1.29 is 9.59 Å². The Labute approximate surface area is 101 Å². The Hall–Kier alpha value is -0.940. The van der Waals surface area contributed by atoms with E-state index in [0.717, 1.165) is 19.5 Å². The summed E-state index contributed by atoms with van der Waals surface area (Å²) in [5, 5.41) is 2.39. The molecule has 2 amide bonds. The van der Waals surface area contributed by atoms with Gasteiger partial charge in [-0.3, -0.25) is 19.8 Å². The average molecular weight is 237 g/mol. The first-order valence-corrected chi connectivity index (χ1v) is 6.48. The predicted molar refractivity (Wildman–Crippen MR) is 61.9 cm³/mol. The van der Waals surface area contributed by atoms with Crippen molar-refractivity contribution in [2.24, 2.45) is 17.6 Å². The highest BCUT2D eigenvalue weighted by molar-refractivity contribution is 6.05. The van der Waals surface area contributed by atoms with Gasteiger partial charge >= 0.3 is 0 Å². The molecule has 0 bridgehead atoms. The van der Waals surface area contributed by atoms with Gasteiger partial charge in [0.15, 0.2) is 0 Å². The Kier molecular flexibility index (Phi) is 2.67. The number of carbonyl (C=O) groups excluding carboxylic acids is 2. The number of carbonyl (C=O) groups is 2. The molecular formula is C12H19N3O2. The molecule has 0 radical (unpaired) electrons. The second-order valence-corrected chi connectivity index (χ2v) is 5.60. The third-order valence-corrected chi connectivity index (χ3v) is 4.57. The summed E-state index contributed by atoms with van der Waals surface area (Å²) in [6.45, 7) is 1.82. The lowest BCUT2D eigenvalue weighted by Gasteiger charge is -2.30. The zero-order valence-corrected chi connectivity index (χ0v) is 9.89. The van der Waals surface area contributed by atoms with Crippen LogP contribution in [0.4, 0.5) is 0 Å². The van der Waals surface area contributed by atoms with Crippen molar-refractivity contribution in [3.8, 4) is 0 Å². The highest BCUT2D eigenvalue weighted by Crippen LogP contribution is 2.37. The van der Waals surface area contributed by atoms with Crippen molar-refractivity contribution in [3.05, 3.63) is 0 Å². The van der Waals surface area contributed by atoms with Gasteiger partial charge in [0.1, 0.15) is 0 Å². The van der Waals surface area contributed by atoms with E-state index >= 15 is 0 Å². The van der Waals surface area contributed by atoms with E-state index in [2.05, 4.69) is 10.2 Å². The second-order valence-electron chi connectivity index (χ2n) is 5.60. The Bertz CT molecular complexity index is 358. The largest absolute Gasteiger partial charge is 0.327 e. The molecule has 3 aliphatic rings. The van der Waals surface area contributed by atoms with E-state index in [0.29, 0.717) is 18.3 Å². The first kappa shape index (κ1) is 11.2. The first-order chi connectivity index (χ1) is 8.15. The van der Waals surface area contributed by atoms with Gasteiger partial charge in [-0.05, 0) is 24.7 Å². The second kappa shape index (κ2) is 4.07. The number of fused-ring (bicyclic) bond motifs is 1. The van der Waals surface area contributed by atoms with Gasteiger partial charge in [0.2, 0.25) is 11.8 Å². The van der Waals surface area contributed by atoms with E-state index in [1.54, 1.807) is 0 Å². The Morgan fingerprint density at radius 1 is 1.24 bits per heavy atom. The molecule has 5 heteroatoms. The fraction of sp³-hybridized carbons (Fsp3) is 0.833. The number of likely N-dealkylation sites (tertiary alicyclic amines) is 1. The van der Waals surface area contributed by atoms with Crippen LogP contribution in [-0.2, 0) is 9.59 Å². The third kappa shape index (κ3) is 1.87. The van der Waals surface area contributed by atoms with Crippen LogP contribution in [0.15, 0.2) is 0 Å². The van der Waals surface area contributed by atoms with Crippen LogP contribution in [0.5, 0.6) is 0 Å². The van der Waals surface area contributed by atoms with Gasteiger partial charge in [-0.15, -0.1) is 0 Å². The van der Waals surface area contributed by atoms with Gasteiger partial charge < -0.3 is 5.73 Å². The molecule has 17 heavy (non-hydrogen) atoms. The van der Waals surface area contributed by atoms with Crippen molar-refractivity contribution in [3.63, 3.8) is 0 Å². The number of imide groups is 1. The quantitative estimate of drug-likeness (QED) is 0.601. The van der Waals surface area contributed by atoms with Crippen LogP contribution in [0, 0.1) is 11.8 Å². The summed E-state index contributed by atoms with van der Waals surface area (Å²) in [5.74, 6) is 0.885. The van der Waals surface area contributed by atoms with Crippen molar-refractivity contribution in [1.29, 1.82) is 0 Å². The van der Waals surface area contributed by atoms with Crippen molar-refractivity contribution >= 4 is 11.8 Å². The number of hydrogen-bond acceptors (Lipinski definition) is 4. The van der Waals surface area contributed by atoms with E-state index in [4.69, 9.17) is 5.73 Å². The molecule has 4 unspecified atom stereocenters. The number of nitrogens with zero attached hydrogens (tertiary/aromatic N) is 1. The minimum atomic E-state index is -0.236. The van der Waals surface area contributed by atoms with Crippen LogP contribution in [0.3, 0.4) is 0 Å². The van der Waals surface area contributed by atoms with E-state index in [-0.39, 0.29) is 23.9 Å². The molecule has 0 aromatic rings. The topological polar surface area (TPSA) is 75.4 Å². The van der Waals surface area contributed by atoms with E-state index in [9.17, 15) is 9.59 Å². The first-order valence-electron chi connectivity index (χ1n) is 6.48. The SMILES string of the molecule is NC1CCCC2CN(C3CC(=O)NC3=O)CC12. The predicted octanol–water partition coefficient (Wildman–Crippen LogP) is -0.539. The standard InChI is InChI=1S/C12H19N3O2/c13-9-3-1-2-7-5-15(6-8(7)9)10-4-11(16)14-12(10)17/h7-10H,1-6,13H2,(H,14,16,17). The van der Waals surface area contributed by atoms with Gasteiger partial charge in [-0.25, -0.2) is 0 Å². The highest BCUT2D eigenvalue weighted by Gasteiger charge is 2.44. The monoisotopic (exact) mass is 237 g/mol. The molecule has 1 saturated carbocycles. The van der Waals surface area contributed by atoms with E-state index in [1.165, 1.54) is 12.8 Å². The number of nitrogens with two attached hydrogens (primary N) is 1. The van der Waals surface area contributed by atoms with Crippen molar-refractivity contribution in [2.45, 2.75) is 37.8 Å². The fourth-order valence-electron chi connectivity index (χ4n) is 3.64. The van der Waals surface area contributed by atoms with E-state index in [1.807, 2.05) is 0 Å². The van der Waals surface area contributed by atoms with Crippen LogP contribution >= 0.6 is 0 Å². The minimum Gasteiger partial charge on any atom is -0.327 e. The molecular weight excluding hydrogens is 218 g/mol. The summed E-state index contributed by atoms with van der Waals surface area (Å²) >= 11 is 0. The Morgan fingerprint density at radius 3 is 2.71 bits per heavy atom. The summed E-state index contributed by atoms with van der Waals surface area (Å²) in [6.07, 6.45) is 3.85. The molecule has 0 aromatic heterocycles. The molecule has 0 spiro atoms. The van der Waals surface area contributed by atoms with Crippen LogP contribution < -0.4 is 11.1 Å². The molecule has 0 aromatic carbocycles. The summed E-state index contributed by atoms with van der Waals surface area (Å²) in [7, 11) is 0. The number of rotatable bonds is 1. The lowest BCUT2D eigenvalue weighted by Crippen LogP contribution is -2.41. The Balaban J connectivity index is 1.71. The Morgan fingerprint density at radius 2 is 2.06 bits per heavy atom. The van der Waals surface area contributed by atoms with E-state index < -0.39 is 0 Å².